The van der Waals surface area contributed by atoms with Crippen molar-refractivity contribution in [3.8, 4) is 5.75 Å². The van der Waals surface area contributed by atoms with Gasteiger partial charge < -0.3 is 9.47 Å². The summed E-state index contributed by atoms with van der Waals surface area (Å²) >= 11 is 7.49. The van der Waals surface area contributed by atoms with Crippen molar-refractivity contribution in [1.29, 1.82) is 0 Å². The van der Waals surface area contributed by atoms with Gasteiger partial charge in [-0.1, -0.05) is 53.3 Å². The maximum Gasteiger partial charge on any atom is 0.338 e. The number of nitrogens with zero attached hydrogens (tertiary/aromatic N) is 2. The Labute approximate surface area is 197 Å². The van der Waals surface area contributed by atoms with E-state index < -0.39 is 18.0 Å². The molecule has 0 N–H and O–H groups in total. The summed E-state index contributed by atoms with van der Waals surface area (Å²) in [7, 11) is 1.28. The fourth-order valence-corrected chi connectivity index (χ4v) is 4.85. The number of fused-ring (bicyclic) bond motifs is 1. The van der Waals surface area contributed by atoms with Crippen molar-refractivity contribution in [2.24, 2.45) is 4.99 Å². The molecule has 0 aliphatic carbocycles. The first-order chi connectivity index (χ1) is 15.8. The van der Waals surface area contributed by atoms with E-state index in [1.807, 2.05) is 18.2 Å². The summed E-state index contributed by atoms with van der Waals surface area (Å²) in [6.07, 6.45) is 1.71. The zero-order valence-corrected chi connectivity index (χ0v) is 19.6. The van der Waals surface area contributed by atoms with Gasteiger partial charge in [0.05, 0.1) is 29.0 Å². The fourth-order valence-electron chi connectivity index (χ4n) is 3.63. The second-order valence-corrected chi connectivity index (χ2v) is 8.67. The van der Waals surface area contributed by atoms with Crippen molar-refractivity contribution in [2.45, 2.75) is 19.9 Å². The molecule has 33 heavy (non-hydrogen) atoms. The predicted octanol–water partition coefficient (Wildman–Crippen LogP) is 2.99. The van der Waals surface area contributed by atoms with E-state index in [-0.39, 0.29) is 11.1 Å². The molecule has 1 unspecified atom stereocenters. The molecule has 1 aliphatic heterocycles. The number of methoxy groups -OCH3 is 1. The topological polar surface area (TPSA) is 87.0 Å². The lowest BCUT2D eigenvalue weighted by Crippen LogP contribution is -2.39. The van der Waals surface area contributed by atoms with Gasteiger partial charge in [-0.05, 0) is 42.3 Å². The second-order valence-electron chi connectivity index (χ2n) is 7.26. The molecule has 9 heteroatoms. The Morgan fingerprint density at radius 1 is 1.15 bits per heavy atom. The summed E-state index contributed by atoms with van der Waals surface area (Å²) in [5.41, 5.74) is 1.76. The molecular formula is C24H19ClN2O5S. The lowest BCUT2D eigenvalue weighted by molar-refractivity contribution is -0.136. The number of allylic oxidation sites excluding steroid dienone is 1. The Hall–Kier alpha value is -3.49. The van der Waals surface area contributed by atoms with Crippen molar-refractivity contribution >= 4 is 41.0 Å². The third-order valence-electron chi connectivity index (χ3n) is 5.08. The zero-order chi connectivity index (χ0) is 23.7. The zero-order valence-electron chi connectivity index (χ0n) is 18.0. The fraction of sp³-hybridized carbons (Fsp3) is 0.167. The van der Waals surface area contributed by atoms with Crippen LogP contribution in [0.1, 0.15) is 31.0 Å². The van der Waals surface area contributed by atoms with Crippen LogP contribution in [0.15, 0.2) is 69.6 Å². The molecule has 4 rings (SSSR count). The molecule has 0 radical (unpaired) electrons. The smallest absolute Gasteiger partial charge is 0.338 e. The third kappa shape index (κ3) is 4.40. The first-order valence-corrected chi connectivity index (χ1v) is 11.1. The SMILES string of the molecule is COC(=O)C1=C(C)N=c2s/c(=C/c3ccccc3Cl)c(=O)n2C1c1ccc(OC(C)=O)cc1. The van der Waals surface area contributed by atoms with Gasteiger partial charge in [0.25, 0.3) is 5.56 Å². The van der Waals surface area contributed by atoms with Crippen LogP contribution in [0.5, 0.6) is 5.75 Å². The number of halogens is 1. The number of aromatic nitrogens is 1. The molecule has 1 aliphatic rings. The highest BCUT2D eigenvalue weighted by Crippen LogP contribution is 2.31. The highest BCUT2D eigenvalue weighted by molar-refractivity contribution is 7.07. The van der Waals surface area contributed by atoms with Gasteiger partial charge in [0, 0.05) is 11.9 Å². The molecule has 0 fully saturated rings. The van der Waals surface area contributed by atoms with E-state index in [9.17, 15) is 14.4 Å². The van der Waals surface area contributed by atoms with Crippen molar-refractivity contribution < 1.29 is 19.1 Å². The van der Waals surface area contributed by atoms with Crippen LogP contribution in [-0.4, -0.2) is 23.6 Å². The van der Waals surface area contributed by atoms with Crippen LogP contribution >= 0.6 is 22.9 Å². The maximum absolute atomic E-state index is 13.5. The minimum absolute atomic E-state index is 0.259. The van der Waals surface area contributed by atoms with Gasteiger partial charge in [-0.2, -0.15) is 0 Å². The Kier molecular flexibility index (Phi) is 6.31. The van der Waals surface area contributed by atoms with Crippen LogP contribution < -0.4 is 19.6 Å². The van der Waals surface area contributed by atoms with Crippen molar-refractivity contribution in [3.05, 3.63) is 95.6 Å². The van der Waals surface area contributed by atoms with Gasteiger partial charge in [0.15, 0.2) is 4.80 Å². The molecule has 0 saturated carbocycles. The number of ether oxygens (including phenoxy) is 2. The summed E-state index contributed by atoms with van der Waals surface area (Å²) in [5.74, 6) is -0.662. The maximum atomic E-state index is 13.5. The van der Waals surface area contributed by atoms with Crippen LogP contribution in [0.4, 0.5) is 0 Å². The van der Waals surface area contributed by atoms with Gasteiger partial charge >= 0.3 is 11.9 Å². The van der Waals surface area contributed by atoms with E-state index in [0.29, 0.717) is 36.9 Å². The molecule has 0 saturated heterocycles. The van der Waals surface area contributed by atoms with Gasteiger partial charge in [-0.3, -0.25) is 14.2 Å². The summed E-state index contributed by atoms with van der Waals surface area (Å²) < 4.78 is 12.0. The van der Waals surface area contributed by atoms with E-state index >= 15 is 0 Å². The summed E-state index contributed by atoms with van der Waals surface area (Å²) in [5, 5.41) is 0.521. The average molecular weight is 483 g/mol. The molecule has 0 bridgehead atoms. The number of carbonyl (C=O) groups is 2. The van der Waals surface area contributed by atoms with Gasteiger partial charge in [-0.25, -0.2) is 9.79 Å². The van der Waals surface area contributed by atoms with E-state index in [1.54, 1.807) is 43.3 Å². The van der Waals surface area contributed by atoms with Crippen molar-refractivity contribution in [2.75, 3.05) is 7.11 Å². The Bertz CT molecular complexity index is 1470. The molecular weight excluding hydrogens is 464 g/mol. The molecule has 2 heterocycles. The Morgan fingerprint density at radius 2 is 1.85 bits per heavy atom. The van der Waals surface area contributed by atoms with E-state index in [2.05, 4.69) is 4.99 Å². The molecule has 7 nitrogen and oxygen atoms in total. The van der Waals surface area contributed by atoms with Crippen LogP contribution in [0.2, 0.25) is 5.02 Å². The van der Waals surface area contributed by atoms with Gasteiger partial charge in [-0.15, -0.1) is 0 Å². The minimum atomic E-state index is -0.756. The van der Waals surface area contributed by atoms with Crippen LogP contribution in [0.3, 0.4) is 0 Å². The summed E-state index contributed by atoms with van der Waals surface area (Å²) in [4.78, 5) is 42.4. The highest BCUT2D eigenvalue weighted by Gasteiger charge is 2.33. The normalized spacial score (nSPS) is 15.6. The highest BCUT2D eigenvalue weighted by atomic mass is 35.5. The molecule has 0 amide bonds. The molecule has 0 spiro atoms. The molecule has 2 aromatic carbocycles. The first kappa shape index (κ1) is 22.7. The first-order valence-electron chi connectivity index (χ1n) is 9.94. The van der Waals surface area contributed by atoms with Crippen LogP contribution in [0, 0.1) is 0 Å². The average Bonchev–Trinajstić information content (AvgIpc) is 3.08. The molecule has 3 aromatic rings. The van der Waals surface area contributed by atoms with Crippen molar-refractivity contribution in [1.82, 2.24) is 4.57 Å². The van der Waals surface area contributed by atoms with Crippen molar-refractivity contribution in [3.63, 3.8) is 0 Å². The standard InChI is InChI=1S/C24H19ClN2O5S/c1-13-20(23(30)31-3)21(15-8-10-17(11-9-15)32-14(2)28)27-22(29)19(33-24(27)26-13)12-16-6-4-5-7-18(16)25/h4-12,21H,1-3H3/b19-12+. The second kappa shape index (κ2) is 9.17. The third-order valence-corrected chi connectivity index (χ3v) is 6.40. The number of hydrogen-bond acceptors (Lipinski definition) is 7. The number of hydrogen-bond donors (Lipinski definition) is 0. The van der Waals surface area contributed by atoms with Gasteiger partial charge in [0.2, 0.25) is 0 Å². The van der Waals surface area contributed by atoms with E-state index in [1.165, 1.54) is 29.9 Å². The van der Waals surface area contributed by atoms with Gasteiger partial charge in [0.1, 0.15) is 5.75 Å². The van der Waals surface area contributed by atoms with Crippen LogP contribution in [0.25, 0.3) is 6.08 Å². The number of rotatable bonds is 4. The molecule has 1 atom stereocenters. The van der Waals surface area contributed by atoms with Crippen LogP contribution in [-0.2, 0) is 14.3 Å². The predicted molar refractivity (Wildman–Crippen MR) is 125 cm³/mol. The molecule has 168 valence electrons. The number of carbonyl (C=O) groups excluding carboxylic acids is 2. The summed E-state index contributed by atoms with van der Waals surface area (Å²) in [6.45, 7) is 3.02. The monoisotopic (exact) mass is 482 g/mol. The summed E-state index contributed by atoms with van der Waals surface area (Å²) in [6, 6.07) is 13.1. The largest absolute Gasteiger partial charge is 0.466 e. The Balaban J connectivity index is 1.93. The van der Waals surface area contributed by atoms with E-state index in [4.69, 9.17) is 21.1 Å². The minimum Gasteiger partial charge on any atom is -0.466 e. The van der Waals surface area contributed by atoms with E-state index in [0.717, 1.165) is 0 Å². The lowest BCUT2D eigenvalue weighted by Gasteiger charge is -2.24. The lowest BCUT2D eigenvalue weighted by atomic mass is 9.96. The number of benzene rings is 2. The number of esters is 2. The number of thiazole rings is 1. The quantitative estimate of drug-likeness (QED) is 0.421. The Morgan fingerprint density at radius 3 is 2.48 bits per heavy atom. The molecule has 1 aromatic heterocycles.